The topological polar surface area (TPSA) is 50.9 Å². The zero-order chi connectivity index (χ0) is 10.7. The highest BCUT2D eigenvalue weighted by Gasteiger charge is 2.26. The van der Waals surface area contributed by atoms with Gasteiger partial charge in [-0.2, -0.15) is 11.8 Å². The summed E-state index contributed by atoms with van der Waals surface area (Å²) in [6.45, 7) is 0. The van der Waals surface area contributed by atoms with Crippen molar-refractivity contribution >= 4 is 11.8 Å². The van der Waals surface area contributed by atoms with Gasteiger partial charge in [0, 0.05) is 6.20 Å². The first-order valence-electron chi connectivity index (χ1n) is 4.95. The number of halogens is 1. The van der Waals surface area contributed by atoms with Gasteiger partial charge in [0.05, 0.1) is 12.2 Å². The van der Waals surface area contributed by atoms with E-state index in [2.05, 4.69) is 10.4 Å². The first-order chi connectivity index (χ1) is 7.31. The van der Waals surface area contributed by atoms with Gasteiger partial charge in [0.1, 0.15) is 5.82 Å². The van der Waals surface area contributed by atoms with E-state index in [0.717, 1.165) is 23.5 Å². The van der Waals surface area contributed by atoms with Crippen molar-refractivity contribution in [1.29, 1.82) is 0 Å². The number of hydrogen-bond acceptors (Lipinski definition) is 4. The predicted octanol–water partition coefficient (Wildman–Crippen LogP) is 1.48. The summed E-state index contributed by atoms with van der Waals surface area (Å²) in [4.78, 5) is 3.85. The Labute approximate surface area is 92.6 Å². The molecule has 0 amide bonds. The second-order valence-corrected chi connectivity index (χ2v) is 4.85. The number of pyridine rings is 1. The van der Waals surface area contributed by atoms with E-state index in [1.54, 1.807) is 6.20 Å². The fraction of sp³-hybridized carbons (Fsp3) is 0.500. The van der Waals surface area contributed by atoms with Crippen LogP contribution in [-0.4, -0.2) is 16.5 Å². The molecule has 3 nitrogen and oxygen atoms in total. The Morgan fingerprint density at radius 1 is 1.60 bits per heavy atom. The monoisotopic (exact) mass is 227 g/mol. The van der Waals surface area contributed by atoms with Crippen LogP contribution in [-0.2, 0) is 0 Å². The molecule has 0 spiro atoms. The molecule has 5 heteroatoms. The van der Waals surface area contributed by atoms with Crippen LogP contribution in [0.4, 0.5) is 4.39 Å². The summed E-state index contributed by atoms with van der Waals surface area (Å²) in [6, 6.07) is 1.52. The molecule has 0 aromatic carbocycles. The van der Waals surface area contributed by atoms with Crippen molar-refractivity contribution in [2.24, 2.45) is 11.8 Å². The number of rotatable bonds is 3. The molecule has 2 unspecified atom stereocenters. The highest BCUT2D eigenvalue weighted by molar-refractivity contribution is 7.99. The van der Waals surface area contributed by atoms with E-state index in [1.807, 2.05) is 11.8 Å². The van der Waals surface area contributed by atoms with E-state index in [4.69, 9.17) is 5.84 Å². The van der Waals surface area contributed by atoms with Gasteiger partial charge in [-0.05, 0) is 35.5 Å². The Bertz CT molecular complexity index is 328. The Hall–Kier alpha value is -0.650. The SMILES string of the molecule is NNC(c1cncc(F)c1)C1CCSC1. The summed E-state index contributed by atoms with van der Waals surface area (Å²) in [5.74, 6) is 7.93. The van der Waals surface area contributed by atoms with Crippen LogP contribution in [0.15, 0.2) is 18.5 Å². The first kappa shape index (κ1) is 10.9. The third-order valence-corrected chi connectivity index (χ3v) is 3.89. The van der Waals surface area contributed by atoms with Crippen LogP contribution in [0.1, 0.15) is 18.0 Å². The van der Waals surface area contributed by atoms with Gasteiger partial charge in [-0.1, -0.05) is 0 Å². The summed E-state index contributed by atoms with van der Waals surface area (Å²) in [5.41, 5.74) is 3.61. The van der Waals surface area contributed by atoms with Crippen molar-refractivity contribution in [2.75, 3.05) is 11.5 Å². The number of hydrazine groups is 1. The normalized spacial score (nSPS) is 22.9. The second kappa shape index (κ2) is 4.92. The average Bonchev–Trinajstić information content (AvgIpc) is 2.72. The molecule has 2 rings (SSSR count). The molecule has 1 saturated heterocycles. The Morgan fingerprint density at radius 2 is 2.47 bits per heavy atom. The molecule has 1 aromatic rings. The Morgan fingerprint density at radius 3 is 3.07 bits per heavy atom. The van der Waals surface area contributed by atoms with Gasteiger partial charge in [-0.25, -0.2) is 4.39 Å². The highest BCUT2D eigenvalue weighted by atomic mass is 32.2. The van der Waals surface area contributed by atoms with Gasteiger partial charge in [-0.3, -0.25) is 16.3 Å². The number of nitrogens with two attached hydrogens (primary N) is 1. The van der Waals surface area contributed by atoms with E-state index in [0.29, 0.717) is 5.92 Å². The van der Waals surface area contributed by atoms with Crippen molar-refractivity contribution in [3.05, 3.63) is 29.8 Å². The Balaban J connectivity index is 2.18. The second-order valence-electron chi connectivity index (χ2n) is 3.70. The fourth-order valence-electron chi connectivity index (χ4n) is 1.92. The summed E-state index contributed by atoms with van der Waals surface area (Å²) < 4.78 is 13.0. The minimum Gasteiger partial charge on any atom is -0.271 e. The zero-order valence-electron chi connectivity index (χ0n) is 8.32. The maximum atomic E-state index is 13.0. The zero-order valence-corrected chi connectivity index (χ0v) is 9.14. The van der Waals surface area contributed by atoms with Gasteiger partial charge >= 0.3 is 0 Å². The van der Waals surface area contributed by atoms with Crippen LogP contribution in [0.5, 0.6) is 0 Å². The smallest absolute Gasteiger partial charge is 0.141 e. The fourth-order valence-corrected chi connectivity index (χ4v) is 3.22. The molecular formula is C10H14FN3S. The molecule has 1 aromatic heterocycles. The van der Waals surface area contributed by atoms with Crippen LogP contribution in [0.3, 0.4) is 0 Å². The van der Waals surface area contributed by atoms with Gasteiger partial charge in [0.25, 0.3) is 0 Å². The summed E-state index contributed by atoms with van der Waals surface area (Å²) >= 11 is 1.92. The predicted molar refractivity (Wildman–Crippen MR) is 59.7 cm³/mol. The molecule has 1 aliphatic rings. The van der Waals surface area contributed by atoms with Crippen LogP contribution in [0.2, 0.25) is 0 Å². The lowest BCUT2D eigenvalue weighted by Gasteiger charge is -2.21. The van der Waals surface area contributed by atoms with Crippen LogP contribution < -0.4 is 11.3 Å². The van der Waals surface area contributed by atoms with Gasteiger partial charge < -0.3 is 0 Å². The molecule has 1 aliphatic heterocycles. The van der Waals surface area contributed by atoms with Gasteiger partial charge in [-0.15, -0.1) is 0 Å². The molecular weight excluding hydrogens is 213 g/mol. The van der Waals surface area contributed by atoms with E-state index >= 15 is 0 Å². The molecule has 3 N–H and O–H groups in total. The molecule has 2 heterocycles. The molecule has 1 fully saturated rings. The quantitative estimate of drug-likeness (QED) is 0.606. The lowest BCUT2D eigenvalue weighted by Crippen LogP contribution is -2.33. The minimum absolute atomic E-state index is 0.0169. The molecule has 0 bridgehead atoms. The highest BCUT2D eigenvalue weighted by Crippen LogP contribution is 2.33. The van der Waals surface area contributed by atoms with Crippen LogP contribution in [0, 0.1) is 11.7 Å². The van der Waals surface area contributed by atoms with Crippen LogP contribution in [0.25, 0.3) is 0 Å². The number of nitrogens with one attached hydrogen (secondary N) is 1. The van der Waals surface area contributed by atoms with E-state index < -0.39 is 0 Å². The van der Waals surface area contributed by atoms with Crippen molar-refractivity contribution in [3.63, 3.8) is 0 Å². The number of aromatic nitrogens is 1. The number of thioether (sulfide) groups is 1. The summed E-state index contributed by atoms with van der Waals surface area (Å²) in [5, 5.41) is 0. The van der Waals surface area contributed by atoms with E-state index in [1.165, 1.54) is 12.3 Å². The minimum atomic E-state index is -0.307. The standard InChI is InChI=1S/C10H14FN3S/c11-9-3-8(4-13-5-9)10(14-12)7-1-2-15-6-7/h3-5,7,10,14H,1-2,6,12H2. The van der Waals surface area contributed by atoms with Crippen molar-refractivity contribution in [2.45, 2.75) is 12.5 Å². The Kier molecular flexibility index (Phi) is 3.56. The lowest BCUT2D eigenvalue weighted by atomic mass is 9.94. The molecule has 82 valence electrons. The van der Waals surface area contributed by atoms with Gasteiger partial charge in [0.15, 0.2) is 0 Å². The van der Waals surface area contributed by atoms with Crippen molar-refractivity contribution in [1.82, 2.24) is 10.4 Å². The first-order valence-corrected chi connectivity index (χ1v) is 6.11. The third-order valence-electron chi connectivity index (χ3n) is 2.70. The van der Waals surface area contributed by atoms with Crippen LogP contribution >= 0.6 is 11.8 Å². The van der Waals surface area contributed by atoms with E-state index in [-0.39, 0.29) is 11.9 Å². The molecule has 2 atom stereocenters. The molecule has 0 aliphatic carbocycles. The average molecular weight is 227 g/mol. The van der Waals surface area contributed by atoms with E-state index in [9.17, 15) is 4.39 Å². The molecule has 15 heavy (non-hydrogen) atoms. The summed E-state index contributed by atoms with van der Waals surface area (Å²) in [6.07, 6.45) is 4.01. The van der Waals surface area contributed by atoms with Gasteiger partial charge in [0.2, 0.25) is 0 Å². The number of nitrogens with zero attached hydrogens (tertiary/aromatic N) is 1. The van der Waals surface area contributed by atoms with Crippen molar-refractivity contribution < 1.29 is 4.39 Å². The maximum Gasteiger partial charge on any atom is 0.141 e. The lowest BCUT2D eigenvalue weighted by molar-refractivity contribution is 0.398. The largest absolute Gasteiger partial charge is 0.271 e. The molecule has 0 saturated carbocycles. The third kappa shape index (κ3) is 2.48. The number of hydrogen-bond donors (Lipinski definition) is 2. The maximum absolute atomic E-state index is 13.0. The molecule has 0 radical (unpaired) electrons. The summed E-state index contributed by atoms with van der Waals surface area (Å²) in [7, 11) is 0. The van der Waals surface area contributed by atoms with Crippen molar-refractivity contribution in [3.8, 4) is 0 Å².